The number of anilines is 1. The van der Waals surface area contributed by atoms with Crippen molar-refractivity contribution in [2.24, 2.45) is 16.6 Å². The molecule has 0 aromatic heterocycles. The molecule has 15 heavy (non-hydrogen) atoms. The van der Waals surface area contributed by atoms with Crippen molar-refractivity contribution in [1.29, 1.82) is 0 Å². The van der Waals surface area contributed by atoms with Crippen LogP contribution in [0.15, 0.2) is 35.3 Å². The first-order valence-corrected chi connectivity index (χ1v) is 5.45. The first kappa shape index (κ1) is 10.0. The lowest BCUT2D eigenvalue weighted by Crippen LogP contribution is -2.23. The number of nitrogens with two attached hydrogens (primary N) is 1. The van der Waals surface area contributed by atoms with Gasteiger partial charge < -0.3 is 11.1 Å². The average Bonchev–Trinajstić information content (AvgIpc) is 2.97. The van der Waals surface area contributed by atoms with E-state index in [-0.39, 0.29) is 0 Å². The van der Waals surface area contributed by atoms with E-state index in [1.165, 1.54) is 12.8 Å². The summed E-state index contributed by atoms with van der Waals surface area (Å²) in [6.07, 6.45) is 2.39. The molecule has 2 atom stereocenters. The minimum absolute atomic E-state index is 0.450. The second kappa shape index (κ2) is 4.34. The molecule has 0 amide bonds. The van der Waals surface area contributed by atoms with Crippen LogP contribution in [0.4, 0.5) is 5.69 Å². The first-order chi connectivity index (χ1) is 7.29. The molecule has 1 aromatic rings. The van der Waals surface area contributed by atoms with Gasteiger partial charge in [0, 0.05) is 5.69 Å². The lowest BCUT2D eigenvalue weighted by atomic mass is 10.3. The summed E-state index contributed by atoms with van der Waals surface area (Å²) in [5, 5.41) is 3.09. The van der Waals surface area contributed by atoms with E-state index in [0.717, 1.165) is 11.6 Å². The van der Waals surface area contributed by atoms with Crippen molar-refractivity contribution >= 4 is 11.6 Å². The van der Waals surface area contributed by atoms with Gasteiger partial charge in [0.1, 0.15) is 0 Å². The van der Waals surface area contributed by atoms with Crippen LogP contribution in [0.2, 0.25) is 0 Å². The van der Waals surface area contributed by atoms with Gasteiger partial charge in [-0.2, -0.15) is 0 Å². The Labute approximate surface area is 90.4 Å². The molecule has 0 bridgehead atoms. The van der Waals surface area contributed by atoms with Crippen molar-refractivity contribution in [3.8, 4) is 0 Å². The lowest BCUT2D eigenvalue weighted by Gasteiger charge is -2.04. The van der Waals surface area contributed by atoms with Gasteiger partial charge >= 0.3 is 0 Å². The summed E-state index contributed by atoms with van der Waals surface area (Å²) in [7, 11) is 0. The van der Waals surface area contributed by atoms with E-state index in [9.17, 15) is 0 Å². The zero-order valence-electron chi connectivity index (χ0n) is 8.98. The first-order valence-electron chi connectivity index (χ1n) is 5.45. The number of benzene rings is 1. The number of nitrogens with zero attached hydrogens (tertiary/aromatic N) is 1. The van der Waals surface area contributed by atoms with Crippen LogP contribution < -0.4 is 11.1 Å². The minimum atomic E-state index is 0.450. The highest BCUT2D eigenvalue weighted by atomic mass is 15.1. The molecule has 0 unspecified atom stereocenters. The van der Waals surface area contributed by atoms with Gasteiger partial charge in [0.2, 0.25) is 0 Å². The Morgan fingerprint density at radius 2 is 2.20 bits per heavy atom. The highest BCUT2D eigenvalue weighted by molar-refractivity contribution is 5.92. The molecule has 2 rings (SSSR count). The standard InChI is InChI=1S/C12H17N3/c1-2-9-8-11(9)15-12(13)14-10-6-4-3-5-7-10/h3-7,9,11H,2,8H2,1H3,(H3,13,14,15)/t9-,11-/m1/s1. The summed E-state index contributed by atoms with van der Waals surface area (Å²) in [6, 6.07) is 10.3. The van der Waals surface area contributed by atoms with Crippen molar-refractivity contribution in [1.82, 2.24) is 0 Å². The molecule has 3 N–H and O–H groups in total. The maximum absolute atomic E-state index is 5.80. The van der Waals surface area contributed by atoms with Gasteiger partial charge in [0.25, 0.3) is 0 Å². The second-order valence-electron chi connectivity index (χ2n) is 3.98. The molecule has 3 heteroatoms. The molecule has 1 aliphatic carbocycles. The molecule has 0 aliphatic heterocycles. The molecule has 80 valence electrons. The number of para-hydroxylation sites is 1. The molecule has 0 saturated heterocycles. The predicted octanol–water partition coefficient (Wildman–Crippen LogP) is 2.21. The Hall–Kier alpha value is -1.51. The Kier molecular flexibility index (Phi) is 2.90. The smallest absolute Gasteiger partial charge is 0.193 e. The summed E-state index contributed by atoms with van der Waals surface area (Å²) in [5.41, 5.74) is 6.80. The summed E-state index contributed by atoms with van der Waals surface area (Å²) in [5.74, 6) is 1.28. The van der Waals surface area contributed by atoms with E-state index in [2.05, 4.69) is 17.2 Å². The van der Waals surface area contributed by atoms with Gasteiger partial charge in [0.15, 0.2) is 5.96 Å². The molecule has 1 aliphatic rings. The topological polar surface area (TPSA) is 50.4 Å². The van der Waals surface area contributed by atoms with Crippen molar-refractivity contribution < 1.29 is 0 Å². The number of guanidine groups is 1. The van der Waals surface area contributed by atoms with Crippen LogP contribution in [0.3, 0.4) is 0 Å². The number of hydrogen-bond donors (Lipinski definition) is 2. The molecule has 0 radical (unpaired) electrons. The lowest BCUT2D eigenvalue weighted by molar-refractivity contribution is 0.759. The third-order valence-electron chi connectivity index (χ3n) is 2.76. The zero-order chi connectivity index (χ0) is 10.7. The SMILES string of the molecule is CC[C@@H]1C[C@H]1N=C(N)Nc1ccccc1. The van der Waals surface area contributed by atoms with Gasteiger partial charge in [-0.25, -0.2) is 4.99 Å². The largest absolute Gasteiger partial charge is 0.370 e. The number of rotatable bonds is 3. The van der Waals surface area contributed by atoms with Crippen molar-refractivity contribution in [2.45, 2.75) is 25.8 Å². The van der Waals surface area contributed by atoms with Gasteiger partial charge in [-0.05, 0) is 24.5 Å². The normalized spacial score (nSPS) is 25.0. The highest BCUT2D eigenvalue weighted by Gasteiger charge is 2.35. The monoisotopic (exact) mass is 203 g/mol. The predicted molar refractivity (Wildman–Crippen MR) is 63.9 cm³/mol. The maximum atomic E-state index is 5.80. The zero-order valence-corrected chi connectivity index (χ0v) is 8.98. The fourth-order valence-electron chi connectivity index (χ4n) is 1.71. The highest BCUT2D eigenvalue weighted by Crippen LogP contribution is 2.36. The number of nitrogens with one attached hydrogen (secondary N) is 1. The van der Waals surface area contributed by atoms with E-state index < -0.39 is 0 Å². The molecular formula is C12H17N3. The molecule has 1 fully saturated rings. The Morgan fingerprint density at radius 3 is 2.80 bits per heavy atom. The summed E-state index contributed by atoms with van der Waals surface area (Å²) >= 11 is 0. The Bertz CT molecular complexity index is 345. The van der Waals surface area contributed by atoms with Crippen LogP contribution in [0.25, 0.3) is 0 Å². The summed E-state index contributed by atoms with van der Waals surface area (Å²) in [4.78, 5) is 4.42. The van der Waals surface area contributed by atoms with Gasteiger partial charge in [-0.3, -0.25) is 0 Å². The Morgan fingerprint density at radius 1 is 1.47 bits per heavy atom. The minimum Gasteiger partial charge on any atom is -0.370 e. The van der Waals surface area contributed by atoms with Gasteiger partial charge in [-0.15, -0.1) is 0 Å². The van der Waals surface area contributed by atoms with E-state index in [0.29, 0.717) is 12.0 Å². The van der Waals surface area contributed by atoms with E-state index >= 15 is 0 Å². The molecular weight excluding hydrogens is 186 g/mol. The molecule has 0 spiro atoms. The molecule has 1 aromatic carbocycles. The number of hydrogen-bond acceptors (Lipinski definition) is 1. The third kappa shape index (κ3) is 2.72. The molecule has 0 heterocycles. The van der Waals surface area contributed by atoms with Gasteiger partial charge in [0.05, 0.1) is 6.04 Å². The van der Waals surface area contributed by atoms with Crippen molar-refractivity contribution in [3.63, 3.8) is 0 Å². The fourth-order valence-corrected chi connectivity index (χ4v) is 1.71. The quantitative estimate of drug-likeness (QED) is 0.584. The van der Waals surface area contributed by atoms with Crippen LogP contribution in [0.1, 0.15) is 19.8 Å². The summed E-state index contributed by atoms with van der Waals surface area (Å²) in [6.45, 7) is 2.20. The number of aliphatic imine (C=N–C) groups is 1. The molecule has 3 nitrogen and oxygen atoms in total. The summed E-state index contributed by atoms with van der Waals surface area (Å²) < 4.78 is 0. The fraction of sp³-hybridized carbons (Fsp3) is 0.417. The third-order valence-corrected chi connectivity index (χ3v) is 2.76. The van der Waals surface area contributed by atoms with E-state index in [1.54, 1.807) is 0 Å². The van der Waals surface area contributed by atoms with Gasteiger partial charge in [-0.1, -0.05) is 31.5 Å². The Balaban J connectivity index is 1.90. The van der Waals surface area contributed by atoms with Crippen LogP contribution in [0.5, 0.6) is 0 Å². The average molecular weight is 203 g/mol. The molecule has 1 saturated carbocycles. The van der Waals surface area contributed by atoms with Crippen LogP contribution in [-0.4, -0.2) is 12.0 Å². The van der Waals surface area contributed by atoms with Crippen molar-refractivity contribution in [3.05, 3.63) is 30.3 Å². The van der Waals surface area contributed by atoms with E-state index in [4.69, 9.17) is 5.73 Å². The van der Waals surface area contributed by atoms with Crippen LogP contribution >= 0.6 is 0 Å². The second-order valence-corrected chi connectivity index (χ2v) is 3.98. The maximum Gasteiger partial charge on any atom is 0.193 e. The van der Waals surface area contributed by atoms with Crippen LogP contribution in [-0.2, 0) is 0 Å². The van der Waals surface area contributed by atoms with Crippen molar-refractivity contribution in [2.75, 3.05) is 5.32 Å². The van der Waals surface area contributed by atoms with Crippen LogP contribution in [0, 0.1) is 5.92 Å². The van der Waals surface area contributed by atoms with E-state index in [1.807, 2.05) is 30.3 Å².